The molecule has 1 fully saturated rings. The van der Waals surface area contributed by atoms with Gasteiger partial charge in [-0.15, -0.1) is 0 Å². The second-order valence-electron chi connectivity index (χ2n) is 6.24. The third-order valence-corrected chi connectivity index (χ3v) is 4.19. The van der Waals surface area contributed by atoms with Crippen LogP contribution < -0.4 is 5.32 Å². The van der Waals surface area contributed by atoms with E-state index in [-0.39, 0.29) is 43.6 Å². The zero-order valence-electron chi connectivity index (χ0n) is 15.2. The maximum atomic E-state index is 12.1. The predicted octanol–water partition coefficient (Wildman–Crippen LogP) is 1.15. The fraction of sp³-hybridized carbons (Fsp3) is 0.263. The molecule has 2 heterocycles. The number of hydrogen-bond acceptors (Lipinski definition) is 6. The van der Waals surface area contributed by atoms with Crippen molar-refractivity contribution >= 4 is 23.8 Å². The third kappa shape index (κ3) is 4.56. The predicted molar refractivity (Wildman–Crippen MR) is 95.9 cm³/mol. The molecule has 4 amide bonds. The minimum atomic E-state index is -0.638. The summed E-state index contributed by atoms with van der Waals surface area (Å²) in [6.45, 7) is 0.00279. The molecule has 9 nitrogen and oxygen atoms in total. The lowest BCUT2D eigenvalue weighted by Gasteiger charge is -2.15. The second-order valence-corrected chi connectivity index (χ2v) is 6.24. The van der Waals surface area contributed by atoms with Gasteiger partial charge in [0.2, 0.25) is 5.91 Å². The smallest absolute Gasteiger partial charge is 0.338 e. The molecule has 146 valence electrons. The van der Waals surface area contributed by atoms with Crippen LogP contribution in [-0.2, 0) is 27.4 Å². The molecule has 0 radical (unpaired) electrons. The Kier molecular flexibility index (Phi) is 5.73. The monoisotopic (exact) mass is 385 g/mol. The highest BCUT2D eigenvalue weighted by molar-refractivity contribution is 6.01. The highest BCUT2D eigenvalue weighted by Crippen LogP contribution is 2.11. The van der Waals surface area contributed by atoms with Gasteiger partial charge in [-0.25, -0.2) is 9.59 Å². The lowest BCUT2D eigenvalue weighted by molar-refractivity contribution is -0.134. The number of ether oxygens (including phenoxy) is 1. The number of hydrogen-bond donors (Lipinski definition) is 1. The molecule has 3 rings (SSSR count). The number of esters is 1. The third-order valence-electron chi connectivity index (χ3n) is 4.19. The Labute approximate surface area is 160 Å². The second kappa shape index (κ2) is 8.38. The molecular weight excluding hydrogens is 366 g/mol. The van der Waals surface area contributed by atoms with E-state index < -0.39 is 12.0 Å². The summed E-state index contributed by atoms with van der Waals surface area (Å²) in [5, 5.41) is 2.44. The number of furan rings is 1. The van der Waals surface area contributed by atoms with Crippen LogP contribution in [0.1, 0.15) is 21.7 Å². The Bertz CT molecular complexity index is 860. The van der Waals surface area contributed by atoms with Gasteiger partial charge in [0.25, 0.3) is 5.91 Å². The molecule has 1 aliphatic heterocycles. The van der Waals surface area contributed by atoms with E-state index in [0.29, 0.717) is 11.3 Å². The van der Waals surface area contributed by atoms with Gasteiger partial charge in [0.05, 0.1) is 31.5 Å². The fourth-order valence-corrected chi connectivity index (χ4v) is 2.59. The minimum absolute atomic E-state index is 0.00829. The van der Waals surface area contributed by atoms with Crippen molar-refractivity contribution in [3.8, 4) is 0 Å². The number of likely N-dealkylation sites (N-methyl/N-ethyl adjacent to an activating group) is 1. The average molecular weight is 385 g/mol. The number of urea groups is 1. The number of amides is 4. The molecule has 1 N–H and O–H groups in total. The summed E-state index contributed by atoms with van der Waals surface area (Å²) < 4.78 is 10.2. The summed E-state index contributed by atoms with van der Waals surface area (Å²) in [4.78, 5) is 49.8. The number of nitrogens with zero attached hydrogens (tertiary/aromatic N) is 2. The van der Waals surface area contributed by atoms with Crippen LogP contribution >= 0.6 is 0 Å². The molecule has 0 spiro atoms. The summed E-state index contributed by atoms with van der Waals surface area (Å²) in [7, 11) is 1.59. The van der Waals surface area contributed by atoms with E-state index >= 15 is 0 Å². The maximum Gasteiger partial charge on any atom is 0.338 e. The molecule has 0 unspecified atom stereocenters. The molecule has 1 aromatic carbocycles. The van der Waals surface area contributed by atoms with Gasteiger partial charge in [-0.3, -0.25) is 14.5 Å². The number of carbonyl (C=O) groups excluding carboxylic acids is 4. The highest BCUT2D eigenvalue weighted by Gasteiger charge is 2.28. The molecule has 1 aromatic heterocycles. The van der Waals surface area contributed by atoms with Crippen LogP contribution in [0.15, 0.2) is 47.1 Å². The molecule has 0 saturated carbocycles. The Balaban J connectivity index is 1.49. The van der Waals surface area contributed by atoms with Crippen molar-refractivity contribution in [1.29, 1.82) is 0 Å². The fourth-order valence-electron chi connectivity index (χ4n) is 2.59. The molecule has 9 heteroatoms. The lowest BCUT2D eigenvalue weighted by atomic mass is 10.1. The highest BCUT2D eigenvalue weighted by atomic mass is 16.5. The SMILES string of the molecule is CN(Cc1ccco1)C(=O)COC(=O)c1ccc(CN2C(=O)CNC2=O)cc1. The zero-order chi connectivity index (χ0) is 20.1. The summed E-state index contributed by atoms with van der Waals surface area (Å²) in [5.74, 6) is -0.671. The Morgan fingerprint density at radius 2 is 1.96 bits per heavy atom. The number of nitrogens with one attached hydrogen (secondary N) is 1. The molecule has 1 aliphatic rings. The van der Waals surface area contributed by atoms with Crippen molar-refractivity contribution in [2.75, 3.05) is 20.2 Å². The van der Waals surface area contributed by atoms with Crippen LogP contribution in [0.4, 0.5) is 4.79 Å². The van der Waals surface area contributed by atoms with E-state index in [1.165, 1.54) is 23.3 Å². The van der Waals surface area contributed by atoms with Crippen molar-refractivity contribution < 1.29 is 28.3 Å². The van der Waals surface area contributed by atoms with Gasteiger partial charge in [-0.1, -0.05) is 12.1 Å². The van der Waals surface area contributed by atoms with E-state index in [1.807, 2.05) is 0 Å². The first-order valence-corrected chi connectivity index (χ1v) is 8.54. The molecule has 1 saturated heterocycles. The first-order chi connectivity index (χ1) is 13.4. The van der Waals surface area contributed by atoms with Crippen molar-refractivity contribution in [3.05, 3.63) is 59.5 Å². The average Bonchev–Trinajstić information content (AvgIpc) is 3.31. The quantitative estimate of drug-likeness (QED) is 0.566. The van der Waals surface area contributed by atoms with Crippen molar-refractivity contribution in [3.63, 3.8) is 0 Å². The maximum absolute atomic E-state index is 12.1. The van der Waals surface area contributed by atoms with Crippen molar-refractivity contribution in [2.24, 2.45) is 0 Å². The first-order valence-electron chi connectivity index (χ1n) is 8.54. The summed E-state index contributed by atoms with van der Waals surface area (Å²) >= 11 is 0. The molecule has 2 aromatic rings. The Morgan fingerprint density at radius 1 is 1.21 bits per heavy atom. The topological polar surface area (TPSA) is 109 Å². The van der Waals surface area contributed by atoms with Crippen molar-refractivity contribution in [1.82, 2.24) is 15.1 Å². The van der Waals surface area contributed by atoms with E-state index in [0.717, 1.165) is 4.90 Å². The molecule has 28 heavy (non-hydrogen) atoms. The summed E-state index contributed by atoms with van der Waals surface area (Å²) in [5.41, 5.74) is 0.957. The van der Waals surface area contributed by atoms with E-state index in [4.69, 9.17) is 9.15 Å². The molecular formula is C19H19N3O6. The molecule has 0 atom stereocenters. The van der Waals surface area contributed by atoms with Gasteiger partial charge in [0.15, 0.2) is 6.61 Å². The Hall–Kier alpha value is -3.62. The van der Waals surface area contributed by atoms with Crippen LogP contribution in [0.3, 0.4) is 0 Å². The van der Waals surface area contributed by atoms with Gasteiger partial charge in [-0.05, 0) is 29.8 Å². The van der Waals surface area contributed by atoms with Gasteiger partial charge in [0, 0.05) is 7.05 Å². The largest absolute Gasteiger partial charge is 0.467 e. The molecule has 0 aliphatic carbocycles. The molecule has 0 bridgehead atoms. The van der Waals surface area contributed by atoms with Gasteiger partial charge in [0.1, 0.15) is 5.76 Å². The minimum Gasteiger partial charge on any atom is -0.467 e. The van der Waals surface area contributed by atoms with Crippen LogP contribution in [-0.4, -0.2) is 53.8 Å². The standard InChI is InChI=1S/C19H19N3O6/c1-21(11-15-3-2-8-27-15)17(24)12-28-18(25)14-6-4-13(5-7-14)10-22-16(23)9-20-19(22)26/h2-8H,9-12H2,1H3,(H,20,26). The lowest BCUT2D eigenvalue weighted by Crippen LogP contribution is -2.30. The van der Waals surface area contributed by atoms with Gasteiger partial charge >= 0.3 is 12.0 Å². The normalized spacial score (nSPS) is 13.4. The first kappa shape index (κ1) is 19.2. The van der Waals surface area contributed by atoms with Crippen LogP contribution in [0.5, 0.6) is 0 Å². The van der Waals surface area contributed by atoms with Crippen LogP contribution in [0.2, 0.25) is 0 Å². The van der Waals surface area contributed by atoms with E-state index in [9.17, 15) is 19.2 Å². The zero-order valence-corrected chi connectivity index (χ0v) is 15.2. The van der Waals surface area contributed by atoms with E-state index in [2.05, 4.69) is 5.32 Å². The number of benzene rings is 1. The number of carbonyl (C=O) groups is 4. The number of imide groups is 1. The van der Waals surface area contributed by atoms with Crippen LogP contribution in [0.25, 0.3) is 0 Å². The number of rotatable bonds is 7. The summed E-state index contributed by atoms with van der Waals surface area (Å²) in [6.07, 6.45) is 1.52. The van der Waals surface area contributed by atoms with Gasteiger partial charge < -0.3 is 19.4 Å². The van der Waals surface area contributed by atoms with Gasteiger partial charge in [-0.2, -0.15) is 0 Å². The van der Waals surface area contributed by atoms with Crippen molar-refractivity contribution in [2.45, 2.75) is 13.1 Å². The van der Waals surface area contributed by atoms with Crippen LogP contribution in [0, 0.1) is 0 Å². The summed E-state index contributed by atoms with van der Waals surface area (Å²) in [6, 6.07) is 9.33. The van der Waals surface area contributed by atoms with E-state index in [1.54, 1.807) is 31.3 Å². The Morgan fingerprint density at radius 3 is 2.57 bits per heavy atom.